The number of amides is 6. The van der Waals surface area contributed by atoms with E-state index in [0.717, 1.165) is 22.0 Å². The van der Waals surface area contributed by atoms with Crippen LogP contribution in [-0.4, -0.2) is 138 Å². The fourth-order valence-electron chi connectivity index (χ4n) is 5.98. The molecule has 330 valence electrons. The summed E-state index contributed by atoms with van der Waals surface area (Å²) in [5.41, 5.74) is 0.712. The first-order chi connectivity index (χ1) is 28.0. The van der Waals surface area contributed by atoms with Crippen molar-refractivity contribution in [1.82, 2.24) is 20.4 Å². The van der Waals surface area contributed by atoms with Crippen molar-refractivity contribution < 1.29 is 65.8 Å². The number of ether oxygens (including phenoxy) is 3. The Morgan fingerprint density at radius 3 is 2.27 bits per heavy atom. The van der Waals surface area contributed by atoms with Crippen molar-refractivity contribution in [2.24, 2.45) is 11.8 Å². The van der Waals surface area contributed by atoms with Gasteiger partial charge in [-0.05, 0) is 45.2 Å². The molecule has 0 aromatic heterocycles. The molecule has 5 N–H and O–H groups in total. The molecule has 0 saturated carbocycles. The monoisotopic (exact) mass is 861 g/mol. The van der Waals surface area contributed by atoms with E-state index >= 15 is 0 Å². The Hall–Kier alpha value is -5.20. The van der Waals surface area contributed by atoms with Gasteiger partial charge in [-0.25, -0.2) is 0 Å². The van der Waals surface area contributed by atoms with Crippen molar-refractivity contribution in [3.63, 3.8) is 0 Å². The van der Waals surface area contributed by atoms with Crippen LogP contribution in [0.15, 0.2) is 30.4 Å². The summed E-state index contributed by atoms with van der Waals surface area (Å²) in [5.74, 6) is -0.406. The molecule has 2 aliphatic heterocycles. The van der Waals surface area contributed by atoms with Crippen molar-refractivity contribution in [2.45, 2.75) is 97.7 Å². The number of nitrogens with zero attached hydrogens (tertiary/aromatic N) is 2. The van der Waals surface area contributed by atoms with Crippen molar-refractivity contribution in [1.29, 1.82) is 0 Å². The molecule has 0 bridgehead atoms. The van der Waals surface area contributed by atoms with Crippen LogP contribution in [0, 0.1) is 23.7 Å². The molecule has 60 heavy (non-hydrogen) atoms. The normalized spacial score (nSPS) is 17.8. The molecule has 2 aliphatic rings. The van der Waals surface area contributed by atoms with Crippen LogP contribution in [-0.2, 0) is 64.5 Å². The summed E-state index contributed by atoms with van der Waals surface area (Å²) in [5, 5.41) is 17.2. The fraction of sp³-hybridized carbons (Fsp3) is 0.575. The number of aliphatic hydroxyl groups is 1. The van der Waals surface area contributed by atoms with E-state index < -0.39 is 106 Å². The zero-order chi connectivity index (χ0) is 44.9. The molecule has 1 fully saturated rings. The molecular weight excluding hydrogens is 807 g/mol. The number of likely N-dealkylation sites (tertiary alicyclic amines) is 1. The standard InChI is InChI=1S/C40H55N5O14S/c1-24(2)35(43-32(47)21-44-30(23-57-17-18-60(54,55)56)20-31(38(44)52)45-33(48)12-13-34(45)49)37(51)41-26(5)36(50)42-29-11-10-28(22-58-39(53)25(3)4)27(19-29)9-8-16-59-40(6,7)14-15-46/h10-13,19,24-26,30-31,35,46H,14-18,20-23H2,1-7H3,(H,41,51)(H,42,50)(H,43,47)(H,54,55,56)/t26-,30-,31-,35?/m0/s1. The summed E-state index contributed by atoms with van der Waals surface area (Å²) in [4.78, 5) is 92.5. The topological polar surface area (TPSA) is 264 Å². The van der Waals surface area contributed by atoms with E-state index in [9.17, 15) is 47.1 Å². The molecule has 4 atom stereocenters. The average molecular weight is 862 g/mol. The van der Waals surface area contributed by atoms with Crippen molar-refractivity contribution >= 4 is 57.2 Å². The van der Waals surface area contributed by atoms with Crippen molar-refractivity contribution in [3.8, 4) is 11.8 Å². The van der Waals surface area contributed by atoms with E-state index in [1.54, 1.807) is 45.9 Å². The first-order valence-electron chi connectivity index (χ1n) is 19.4. The second kappa shape index (κ2) is 21.9. The van der Waals surface area contributed by atoms with Gasteiger partial charge in [0.15, 0.2) is 0 Å². The lowest BCUT2D eigenvalue weighted by Crippen LogP contribution is -2.56. The highest BCUT2D eigenvalue weighted by Gasteiger charge is 2.47. The van der Waals surface area contributed by atoms with Crippen LogP contribution in [0.4, 0.5) is 5.69 Å². The third kappa shape index (κ3) is 14.8. The van der Waals surface area contributed by atoms with Gasteiger partial charge >= 0.3 is 5.97 Å². The first-order valence-corrected chi connectivity index (χ1v) is 21.0. The van der Waals surface area contributed by atoms with Gasteiger partial charge in [0.05, 0.1) is 43.1 Å². The molecule has 1 saturated heterocycles. The van der Waals surface area contributed by atoms with E-state index in [2.05, 4.69) is 27.8 Å². The third-order valence-corrected chi connectivity index (χ3v) is 10.2. The number of hydrogen-bond acceptors (Lipinski definition) is 13. The molecule has 19 nitrogen and oxygen atoms in total. The second-order valence-electron chi connectivity index (χ2n) is 15.6. The lowest BCUT2D eigenvalue weighted by Gasteiger charge is -2.27. The van der Waals surface area contributed by atoms with E-state index in [4.69, 9.17) is 18.8 Å². The van der Waals surface area contributed by atoms with Crippen molar-refractivity contribution in [2.75, 3.05) is 44.0 Å². The number of carbonyl (C=O) groups excluding carboxylic acids is 7. The maximum absolute atomic E-state index is 13.5. The fourth-order valence-corrected chi connectivity index (χ4v) is 6.31. The molecule has 3 rings (SSSR count). The number of aliphatic hydroxyl groups excluding tert-OH is 1. The van der Waals surface area contributed by atoms with Gasteiger partial charge in [0.25, 0.3) is 21.9 Å². The predicted octanol–water partition coefficient (Wildman–Crippen LogP) is 0.298. The Morgan fingerprint density at radius 2 is 1.67 bits per heavy atom. The number of esters is 1. The number of nitrogens with one attached hydrogen (secondary N) is 3. The molecule has 6 amide bonds. The van der Waals surface area contributed by atoms with Gasteiger partial charge in [-0.1, -0.05) is 45.6 Å². The maximum Gasteiger partial charge on any atom is 0.308 e. The third-order valence-electron chi connectivity index (χ3n) is 9.48. The van der Waals surface area contributed by atoms with Crippen LogP contribution in [0.3, 0.4) is 0 Å². The highest BCUT2D eigenvalue weighted by atomic mass is 32.2. The number of hydrogen-bond donors (Lipinski definition) is 5. The lowest BCUT2D eigenvalue weighted by molar-refractivity contribution is -0.148. The summed E-state index contributed by atoms with van der Waals surface area (Å²) >= 11 is 0. The maximum atomic E-state index is 13.5. The van der Waals surface area contributed by atoms with Crippen LogP contribution in [0.25, 0.3) is 0 Å². The van der Waals surface area contributed by atoms with E-state index in [0.29, 0.717) is 23.2 Å². The Labute approximate surface area is 349 Å². The summed E-state index contributed by atoms with van der Waals surface area (Å²) < 4.78 is 47.8. The Morgan fingerprint density at radius 1 is 1.00 bits per heavy atom. The number of imide groups is 1. The Bertz CT molecular complexity index is 1970. The highest BCUT2D eigenvalue weighted by molar-refractivity contribution is 7.85. The Kier molecular flexibility index (Phi) is 17.9. The minimum Gasteiger partial charge on any atom is -0.461 e. The van der Waals surface area contributed by atoms with Gasteiger partial charge in [0.1, 0.15) is 31.3 Å². The minimum atomic E-state index is -4.35. The number of rotatable bonds is 21. The molecule has 0 aliphatic carbocycles. The summed E-state index contributed by atoms with van der Waals surface area (Å²) in [6.45, 7) is 10.3. The van der Waals surface area contributed by atoms with Crippen LogP contribution in [0.5, 0.6) is 0 Å². The van der Waals surface area contributed by atoms with E-state index in [1.807, 2.05) is 13.8 Å². The highest BCUT2D eigenvalue weighted by Crippen LogP contribution is 2.26. The van der Waals surface area contributed by atoms with Gasteiger partial charge in [-0.15, -0.1) is 0 Å². The molecule has 0 spiro atoms. The van der Waals surface area contributed by atoms with E-state index in [1.165, 1.54) is 6.92 Å². The molecule has 20 heteroatoms. The molecular formula is C40H55N5O14S. The summed E-state index contributed by atoms with van der Waals surface area (Å²) in [7, 11) is -4.35. The number of benzene rings is 1. The van der Waals surface area contributed by atoms with Crippen LogP contribution >= 0.6 is 0 Å². The van der Waals surface area contributed by atoms with Crippen molar-refractivity contribution in [3.05, 3.63) is 41.5 Å². The summed E-state index contributed by atoms with van der Waals surface area (Å²) in [6, 6.07) is 0.340. The largest absolute Gasteiger partial charge is 0.461 e. The predicted molar refractivity (Wildman–Crippen MR) is 215 cm³/mol. The average Bonchev–Trinajstić information content (AvgIpc) is 3.64. The zero-order valence-corrected chi connectivity index (χ0v) is 35.6. The second-order valence-corrected chi connectivity index (χ2v) is 17.2. The SMILES string of the molecule is CC(C)C(=O)OCc1ccc(NC(=O)[C@H](C)NC(=O)C(NC(=O)CN2C(=O)[C@@H](N3C(=O)C=CC3=O)C[C@H]2COCCS(=O)(=O)O)C(C)C)cc1C#CCOC(C)(C)CCO. The number of anilines is 1. The van der Waals surface area contributed by atoms with Crippen LogP contribution in [0.1, 0.15) is 72.4 Å². The zero-order valence-electron chi connectivity index (χ0n) is 34.8. The van der Waals surface area contributed by atoms with Crippen LogP contribution < -0.4 is 16.0 Å². The quantitative estimate of drug-likeness (QED) is 0.0366. The van der Waals surface area contributed by atoms with Gasteiger partial charge < -0.3 is 40.2 Å². The number of carbonyl (C=O) groups is 7. The lowest BCUT2D eigenvalue weighted by atomic mass is 10.0. The van der Waals surface area contributed by atoms with Gasteiger partial charge in [0, 0.05) is 42.0 Å². The van der Waals surface area contributed by atoms with E-state index in [-0.39, 0.29) is 38.8 Å². The van der Waals surface area contributed by atoms with Gasteiger partial charge in [-0.3, -0.25) is 43.0 Å². The molecule has 0 radical (unpaired) electrons. The molecule has 1 aromatic rings. The van der Waals surface area contributed by atoms with Gasteiger partial charge in [-0.2, -0.15) is 8.42 Å². The Balaban J connectivity index is 1.70. The molecule has 2 heterocycles. The van der Waals surface area contributed by atoms with Crippen LogP contribution in [0.2, 0.25) is 0 Å². The minimum absolute atomic E-state index is 0.0350. The summed E-state index contributed by atoms with van der Waals surface area (Å²) in [6.07, 6.45) is 2.29. The smallest absolute Gasteiger partial charge is 0.308 e. The van der Waals surface area contributed by atoms with Gasteiger partial charge in [0.2, 0.25) is 23.6 Å². The molecule has 1 unspecified atom stereocenters. The molecule has 1 aromatic carbocycles. The first kappa shape index (κ1) is 49.2.